The number of carbonyl (C=O) groups excluding carboxylic acids is 2. The molecule has 0 aromatic rings. The molecule has 0 aromatic heterocycles. The molecule has 0 aliphatic heterocycles. The summed E-state index contributed by atoms with van der Waals surface area (Å²) in [4.78, 5) is 23.8. The number of ether oxygens (including phenoxy) is 1. The van der Waals surface area contributed by atoms with Crippen molar-refractivity contribution in [3.63, 3.8) is 0 Å². The molecule has 4 heteroatoms. The normalized spacial score (nSPS) is 12.5. The van der Waals surface area contributed by atoms with E-state index < -0.39 is 11.9 Å². The van der Waals surface area contributed by atoms with Crippen molar-refractivity contribution in [2.75, 3.05) is 0 Å². The zero-order chi connectivity index (χ0) is 31.3. The van der Waals surface area contributed by atoms with E-state index in [1.54, 1.807) is 0 Å². The first-order chi connectivity index (χ1) is 21.2. The van der Waals surface area contributed by atoms with Gasteiger partial charge in [-0.3, -0.25) is 9.59 Å². The van der Waals surface area contributed by atoms with Crippen LogP contribution in [-0.4, -0.2) is 41.5 Å². The first-order valence-electron chi connectivity index (χ1n) is 17.1. The summed E-state index contributed by atoms with van der Waals surface area (Å²) in [5, 5.41) is 0. The number of rotatable bonds is 28. The molecular weight excluding hydrogens is 551 g/mol. The van der Waals surface area contributed by atoms with Crippen molar-refractivity contribution in [3.8, 4) is 0 Å². The van der Waals surface area contributed by atoms with Gasteiger partial charge in [-0.15, -0.1) is 0 Å². The number of unbranched alkanes of at least 4 members (excludes halogenated alkanes) is 8. The predicted octanol–water partition coefficient (Wildman–Crippen LogP) is 11.7. The number of esters is 2. The van der Waals surface area contributed by atoms with Crippen molar-refractivity contribution in [1.29, 1.82) is 0 Å². The van der Waals surface area contributed by atoms with Crippen molar-refractivity contribution < 1.29 is 14.3 Å². The van der Waals surface area contributed by atoms with Gasteiger partial charge in [0.25, 0.3) is 0 Å². The van der Waals surface area contributed by atoms with Gasteiger partial charge in [0.15, 0.2) is 0 Å². The predicted molar refractivity (Wildman–Crippen MR) is 195 cm³/mol. The second-order valence-corrected chi connectivity index (χ2v) is 10.8. The van der Waals surface area contributed by atoms with Gasteiger partial charge in [0.2, 0.25) is 0 Å². The summed E-state index contributed by atoms with van der Waals surface area (Å²) in [5.74, 6) is -0.836. The standard InChI is InChI=1S/C40H62O3.Na.H/c1-3-5-7-9-11-13-15-17-19-21-23-25-27-29-31-33-35-37-39(41)43-40(42)38-36-34-32-30-28-26-24-22-20-18-16-14-12-10-8-6-4-2;;/h11-14,17-20,23-26,29-32H,3-10,15-16,21-22,27-28,33-38H2,1-2H3;;. The molecule has 0 radical (unpaired) electrons. The Bertz CT molecular complexity index is 814. The van der Waals surface area contributed by atoms with Gasteiger partial charge < -0.3 is 4.74 Å². The van der Waals surface area contributed by atoms with Gasteiger partial charge in [-0.25, -0.2) is 0 Å². The van der Waals surface area contributed by atoms with Crippen LogP contribution in [0.15, 0.2) is 97.2 Å². The molecule has 3 nitrogen and oxygen atoms in total. The summed E-state index contributed by atoms with van der Waals surface area (Å²) in [5.41, 5.74) is 0. The van der Waals surface area contributed by atoms with Crippen molar-refractivity contribution in [3.05, 3.63) is 97.2 Å². The summed E-state index contributed by atoms with van der Waals surface area (Å²) in [6, 6.07) is 0. The summed E-state index contributed by atoms with van der Waals surface area (Å²) in [7, 11) is 0. The van der Waals surface area contributed by atoms with E-state index in [9.17, 15) is 9.59 Å². The Kier molecular flexibility index (Phi) is 39.2. The van der Waals surface area contributed by atoms with Crippen molar-refractivity contribution in [1.82, 2.24) is 0 Å². The van der Waals surface area contributed by atoms with E-state index in [-0.39, 0.29) is 42.4 Å². The second-order valence-electron chi connectivity index (χ2n) is 10.8. The Morgan fingerprint density at radius 3 is 0.909 bits per heavy atom. The topological polar surface area (TPSA) is 43.4 Å². The zero-order valence-electron chi connectivity index (χ0n) is 27.6. The molecule has 0 heterocycles. The quantitative estimate of drug-likeness (QED) is 0.0289. The van der Waals surface area contributed by atoms with Crippen LogP contribution < -0.4 is 0 Å². The van der Waals surface area contributed by atoms with E-state index in [1.165, 1.54) is 51.4 Å². The summed E-state index contributed by atoms with van der Waals surface area (Å²) in [6.07, 6.45) is 54.5. The van der Waals surface area contributed by atoms with E-state index in [0.29, 0.717) is 12.8 Å². The van der Waals surface area contributed by atoms with Gasteiger partial charge in [0.1, 0.15) is 0 Å². The molecule has 0 fully saturated rings. The average molecular weight is 615 g/mol. The van der Waals surface area contributed by atoms with Gasteiger partial charge >= 0.3 is 41.5 Å². The Balaban J connectivity index is 0. The molecule has 0 amide bonds. The summed E-state index contributed by atoms with van der Waals surface area (Å²) < 4.78 is 4.94. The molecule has 0 saturated carbocycles. The van der Waals surface area contributed by atoms with Gasteiger partial charge in [-0.05, 0) is 89.9 Å². The Morgan fingerprint density at radius 1 is 0.386 bits per heavy atom. The molecule has 0 saturated heterocycles. The fourth-order valence-electron chi connectivity index (χ4n) is 4.08. The fourth-order valence-corrected chi connectivity index (χ4v) is 4.08. The van der Waals surface area contributed by atoms with Gasteiger partial charge in [0.05, 0.1) is 0 Å². The van der Waals surface area contributed by atoms with Crippen LogP contribution in [0.5, 0.6) is 0 Å². The average Bonchev–Trinajstić information content (AvgIpc) is 3.00. The van der Waals surface area contributed by atoms with Crippen LogP contribution in [0.3, 0.4) is 0 Å². The molecule has 0 aliphatic rings. The molecule has 0 atom stereocenters. The molecule has 0 rings (SSSR count). The third kappa shape index (κ3) is 38.1. The molecule has 0 bridgehead atoms. The number of hydrogen-bond acceptors (Lipinski definition) is 3. The first kappa shape index (κ1) is 44.2. The maximum atomic E-state index is 11.9. The minimum absolute atomic E-state index is 0. The van der Waals surface area contributed by atoms with Crippen LogP contribution in [-0.2, 0) is 14.3 Å². The van der Waals surface area contributed by atoms with Crippen LogP contribution in [0, 0.1) is 0 Å². The van der Waals surface area contributed by atoms with Gasteiger partial charge in [-0.1, -0.05) is 137 Å². The molecule has 0 aromatic carbocycles. The third-order valence-corrected chi connectivity index (χ3v) is 6.65. The molecule has 242 valence electrons. The molecule has 44 heavy (non-hydrogen) atoms. The zero-order valence-corrected chi connectivity index (χ0v) is 27.6. The van der Waals surface area contributed by atoms with E-state index in [2.05, 4.69) is 111 Å². The molecular formula is C40H63NaO3. The number of hydrogen-bond donors (Lipinski definition) is 0. The second kappa shape index (κ2) is 39.1. The van der Waals surface area contributed by atoms with Crippen LogP contribution in [0.4, 0.5) is 0 Å². The molecule has 0 N–H and O–H groups in total. The van der Waals surface area contributed by atoms with Crippen LogP contribution >= 0.6 is 0 Å². The van der Waals surface area contributed by atoms with Gasteiger partial charge in [-0.2, -0.15) is 0 Å². The Morgan fingerprint density at radius 2 is 0.636 bits per heavy atom. The maximum absolute atomic E-state index is 11.9. The van der Waals surface area contributed by atoms with Crippen LogP contribution in [0.25, 0.3) is 0 Å². The molecule has 0 unspecified atom stereocenters. The SMILES string of the molecule is CCCCCC=CCC=CCC=CCC=CCCCC(=O)OC(=O)CCCC=CCC=CCC=CCC=CCCCCC.[NaH]. The fraction of sp³-hybridized carbons (Fsp3) is 0.550. The Labute approximate surface area is 293 Å². The third-order valence-electron chi connectivity index (χ3n) is 6.65. The van der Waals surface area contributed by atoms with Crippen LogP contribution in [0.2, 0.25) is 0 Å². The van der Waals surface area contributed by atoms with Crippen molar-refractivity contribution >= 4 is 41.5 Å². The van der Waals surface area contributed by atoms with E-state index in [1.807, 2.05) is 0 Å². The number of carbonyl (C=O) groups is 2. The molecule has 0 aliphatic carbocycles. The van der Waals surface area contributed by atoms with E-state index >= 15 is 0 Å². The van der Waals surface area contributed by atoms with Crippen LogP contribution in [0.1, 0.15) is 142 Å². The first-order valence-corrected chi connectivity index (χ1v) is 17.1. The Hall–Kier alpha value is -1.94. The summed E-state index contributed by atoms with van der Waals surface area (Å²) in [6.45, 7) is 4.47. The van der Waals surface area contributed by atoms with Gasteiger partial charge in [0, 0.05) is 12.8 Å². The van der Waals surface area contributed by atoms with E-state index in [4.69, 9.17) is 4.74 Å². The molecule has 0 spiro atoms. The monoisotopic (exact) mass is 614 g/mol. The minimum atomic E-state index is -0.418. The van der Waals surface area contributed by atoms with Crippen molar-refractivity contribution in [2.45, 2.75) is 142 Å². The number of allylic oxidation sites excluding steroid dienone is 16. The van der Waals surface area contributed by atoms with Crippen molar-refractivity contribution in [2.24, 2.45) is 0 Å². The van der Waals surface area contributed by atoms with E-state index in [0.717, 1.165) is 51.4 Å². The summed E-state index contributed by atoms with van der Waals surface area (Å²) >= 11 is 0.